The fraction of sp³-hybridized carbons (Fsp3) is 0.0462. The van der Waals surface area contributed by atoms with Crippen LogP contribution in [0.1, 0.15) is 18.9 Å². The predicted octanol–water partition coefficient (Wildman–Crippen LogP) is 16.1. The van der Waals surface area contributed by atoms with Gasteiger partial charge in [0.1, 0.15) is 0 Å². The zero-order valence-corrected chi connectivity index (χ0v) is 41.2. The van der Waals surface area contributed by atoms with Gasteiger partial charge in [0, 0.05) is 38.3 Å². The fourth-order valence-corrected chi connectivity index (χ4v) is 9.34. The molecule has 0 spiro atoms. The Kier molecular flexibility index (Phi) is 13.5. The van der Waals surface area contributed by atoms with Crippen molar-refractivity contribution in [2.45, 2.75) is 19.8 Å². The van der Waals surface area contributed by atoms with Crippen molar-refractivity contribution in [1.29, 1.82) is 0 Å². The SMILES string of the molecule is C/C(O)=C/C(=O)CCc1ccccc1-c1cc(-c2ccccc2-c2c[c-]c(-c3ccc4ccccc4n3)cc2)cc(-c2ccccc2-c2c[c-]c(-c3nc4ccccc4nc3-c3ccccc3)cc2)c1.[Ir]. The summed E-state index contributed by atoms with van der Waals surface area (Å²) in [6.45, 7) is 1.52. The Morgan fingerprint density at radius 3 is 1.55 bits per heavy atom. The number of para-hydroxylation sites is 3. The maximum absolute atomic E-state index is 12.8. The summed E-state index contributed by atoms with van der Waals surface area (Å²) in [6.07, 6.45) is 2.10. The van der Waals surface area contributed by atoms with E-state index in [1.807, 2.05) is 66.7 Å². The van der Waals surface area contributed by atoms with Crippen molar-refractivity contribution in [2.24, 2.45) is 0 Å². The number of aliphatic hydroxyl groups excluding tert-OH is 1. The van der Waals surface area contributed by atoms with Crippen molar-refractivity contribution in [3.63, 3.8) is 0 Å². The number of aryl methyl sites for hydroxylation is 1. The van der Waals surface area contributed by atoms with Gasteiger partial charge in [0.15, 0.2) is 5.78 Å². The van der Waals surface area contributed by atoms with Crippen LogP contribution in [0.4, 0.5) is 0 Å². The molecular formula is C65H45IrN3O2-2. The van der Waals surface area contributed by atoms with Crippen molar-refractivity contribution in [3.05, 3.63) is 248 Å². The van der Waals surface area contributed by atoms with E-state index in [2.05, 4.69) is 164 Å². The maximum atomic E-state index is 12.8. The number of aromatic nitrogens is 3. The summed E-state index contributed by atoms with van der Waals surface area (Å²) < 4.78 is 0. The minimum Gasteiger partial charge on any atom is -0.512 e. The van der Waals surface area contributed by atoms with Crippen LogP contribution in [0.25, 0.3) is 111 Å². The van der Waals surface area contributed by atoms with Crippen molar-refractivity contribution in [2.75, 3.05) is 0 Å². The summed E-state index contributed by atoms with van der Waals surface area (Å²) in [5, 5.41) is 10.9. The Morgan fingerprint density at radius 2 is 0.958 bits per heavy atom. The molecule has 11 aromatic rings. The molecule has 2 heterocycles. The number of carbonyl (C=O) groups excluding carboxylic acids is 1. The first kappa shape index (κ1) is 46.3. The zero-order valence-electron chi connectivity index (χ0n) is 38.8. The zero-order chi connectivity index (χ0) is 47.4. The van der Waals surface area contributed by atoms with Crippen molar-refractivity contribution >= 4 is 27.7 Å². The second kappa shape index (κ2) is 20.7. The molecule has 0 amide bonds. The fourth-order valence-electron chi connectivity index (χ4n) is 9.34. The van der Waals surface area contributed by atoms with Gasteiger partial charge in [-0.1, -0.05) is 168 Å². The number of aliphatic hydroxyl groups is 1. The molecule has 2 aromatic heterocycles. The molecule has 9 aromatic carbocycles. The molecular weight excluding hydrogens is 1050 g/mol. The average Bonchev–Trinajstić information content (AvgIpc) is 3.42. The smallest absolute Gasteiger partial charge is 0.159 e. The number of allylic oxidation sites excluding steroid dienone is 2. The molecule has 0 fully saturated rings. The van der Waals surface area contributed by atoms with E-state index < -0.39 is 0 Å². The normalized spacial score (nSPS) is 11.4. The number of benzene rings is 9. The van der Waals surface area contributed by atoms with Gasteiger partial charge in [-0.3, -0.25) is 19.7 Å². The molecule has 71 heavy (non-hydrogen) atoms. The van der Waals surface area contributed by atoms with Crippen LogP contribution in [-0.4, -0.2) is 25.8 Å². The van der Waals surface area contributed by atoms with Crippen LogP contribution in [0.3, 0.4) is 0 Å². The molecule has 0 aliphatic heterocycles. The van der Waals surface area contributed by atoms with E-state index in [1.165, 1.54) is 13.0 Å². The molecule has 6 heteroatoms. The number of carbonyl (C=O) groups is 1. The third-order valence-corrected chi connectivity index (χ3v) is 12.7. The van der Waals surface area contributed by atoms with Crippen molar-refractivity contribution < 1.29 is 30.0 Å². The van der Waals surface area contributed by atoms with E-state index >= 15 is 0 Å². The van der Waals surface area contributed by atoms with Crippen LogP contribution in [0, 0.1) is 12.1 Å². The monoisotopic (exact) mass is 1090 g/mol. The minimum absolute atomic E-state index is 0. The Balaban J connectivity index is 0.00000582. The number of hydrogen-bond donors (Lipinski definition) is 1. The van der Waals surface area contributed by atoms with Crippen LogP contribution in [0.2, 0.25) is 0 Å². The molecule has 1 radical (unpaired) electrons. The summed E-state index contributed by atoms with van der Waals surface area (Å²) in [4.78, 5) is 28.0. The van der Waals surface area contributed by atoms with E-state index in [1.54, 1.807) is 0 Å². The summed E-state index contributed by atoms with van der Waals surface area (Å²) in [7, 11) is 0. The van der Waals surface area contributed by atoms with Gasteiger partial charge >= 0.3 is 0 Å². The molecule has 0 saturated heterocycles. The quantitative estimate of drug-likeness (QED) is 0.0749. The van der Waals surface area contributed by atoms with Gasteiger partial charge in [-0.25, -0.2) is 0 Å². The number of pyridine rings is 1. The molecule has 343 valence electrons. The summed E-state index contributed by atoms with van der Waals surface area (Å²) >= 11 is 0. The van der Waals surface area contributed by atoms with Crippen molar-refractivity contribution in [1.82, 2.24) is 15.0 Å². The third kappa shape index (κ3) is 9.91. The molecule has 0 aliphatic rings. The van der Waals surface area contributed by atoms with Crippen molar-refractivity contribution in [3.8, 4) is 89.4 Å². The standard InChI is InChI=1S/C65H45N3O2.Ir/c1-43(69)39-54(70)37-35-44-15-5-7-19-55(44)51-40-52(58-22-10-8-20-56(58)45-27-31-48(32-28-45)61-38-36-47-16-6-12-24-60(47)66-61)42-53(41-51)59-23-11-9-21-57(59)46-29-33-50(34-30-46)65-64(49-17-3-2-4-18-49)67-62-25-13-14-26-63(62)68-65;/h2-31,33,36,38-42,69H,35,37H2,1H3;/q-2;/b43-39-;. The Hall–Kier alpha value is -8.41. The Labute approximate surface area is 427 Å². The third-order valence-electron chi connectivity index (χ3n) is 12.7. The van der Waals surface area contributed by atoms with Gasteiger partial charge in [-0.05, 0) is 105 Å². The Bertz CT molecular complexity index is 3750. The van der Waals surface area contributed by atoms with Crippen LogP contribution >= 0.6 is 0 Å². The number of hydrogen-bond acceptors (Lipinski definition) is 5. The van der Waals surface area contributed by atoms with Gasteiger partial charge in [0.2, 0.25) is 0 Å². The first-order valence-corrected chi connectivity index (χ1v) is 23.5. The number of rotatable bonds is 12. The summed E-state index contributed by atoms with van der Waals surface area (Å²) in [6, 6.07) is 82.4. The van der Waals surface area contributed by atoms with E-state index in [0.29, 0.717) is 6.42 Å². The topological polar surface area (TPSA) is 76.0 Å². The van der Waals surface area contributed by atoms with Crippen LogP contribution in [0.15, 0.2) is 230 Å². The first-order chi connectivity index (χ1) is 34.4. The van der Waals surface area contributed by atoms with Crippen LogP contribution in [-0.2, 0) is 31.3 Å². The van der Waals surface area contributed by atoms with Gasteiger partial charge in [-0.15, -0.1) is 59.7 Å². The maximum Gasteiger partial charge on any atom is 0.159 e. The van der Waals surface area contributed by atoms with E-state index in [-0.39, 0.29) is 38.1 Å². The average molecular weight is 1090 g/mol. The van der Waals surface area contributed by atoms with Gasteiger partial charge < -0.3 is 5.11 Å². The Morgan fingerprint density at radius 1 is 0.465 bits per heavy atom. The number of ketones is 1. The predicted molar refractivity (Wildman–Crippen MR) is 286 cm³/mol. The molecule has 0 unspecified atom stereocenters. The summed E-state index contributed by atoms with van der Waals surface area (Å²) in [5.74, 6) is -0.102. The van der Waals surface area contributed by atoms with Crippen LogP contribution in [0.5, 0.6) is 0 Å². The molecule has 1 N–H and O–H groups in total. The van der Waals surface area contributed by atoms with Gasteiger partial charge in [-0.2, -0.15) is 0 Å². The molecule has 5 nitrogen and oxygen atoms in total. The largest absolute Gasteiger partial charge is 0.512 e. The number of fused-ring (bicyclic) bond motifs is 2. The summed E-state index contributed by atoms with van der Waals surface area (Å²) in [5.41, 5.74) is 19.4. The van der Waals surface area contributed by atoms with Gasteiger partial charge in [0.05, 0.1) is 28.0 Å². The molecule has 0 aliphatic carbocycles. The second-order valence-electron chi connectivity index (χ2n) is 17.4. The van der Waals surface area contributed by atoms with Crippen LogP contribution < -0.4 is 0 Å². The van der Waals surface area contributed by atoms with E-state index in [0.717, 1.165) is 117 Å². The second-order valence-corrected chi connectivity index (χ2v) is 17.4. The molecule has 0 bridgehead atoms. The number of nitrogens with zero attached hydrogens (tertiary/aromatic N) is 3. The molecule has 0 saturated carbocycles. The van der Waals surface area contributed by atoms with Gasteiger partial charge in [0.25, 0.3) is 0 Å². The molecule has 11 rings (SSSR count). The van der Waals surface area contributed by atoms with E-state index in [9.17, 15) is 9.90 Å². The molecule has 0 atom stereocenters. The first-order valence-electron chi connectivity index (χ1n) is 23.5. The van der Waals surface area contributed by atoms with E-state index in [4.69, 9.17) is 15.0 Å². The minimum atomic E-state index is -0.113.